The third-order valence-corrected chi connectivity index (χ3v) is 7.93. The minimum absolute atomic E-state index is 0.0192. The van der Waals surface area contributed by atoms with Crippen LogP contribution in [0.25, 0.3) is 21.5 Å². The topological polar surface area (TPSA) is 46.1 Å². The number of benzene rings is 2. The number of rotatable bonds is 5. The van der Waals surface area contributed by atoms with E-state index in [1.54, 1.807) is 18.5 Å². The van der Waals surface area contributed by atoms with Crippen molar-refractivity contribution >= 4 is 38.9 Å². The zero-order valence-corrected chi connectivity index (χ0v) is 19.9. The van der Waals surface area contributed by atoms with Crippen molar-refractivity contribution in [1.82, 2.24) is 14.9 Å². The molecule has 5 rings (SSSR count). The molecule has 0 bridgehead atoms. The quantitative estimate of drug-likeness (QED) is 0.291. The van der Waals surface area contributed by atoms with Crippen molar-refractivity contribution in [3.8, 4) is 11.4 Å². The predicted molar refractivity (Wildman–Crippen MR) is 131 cm³/mol. The first-order valence-electron chi connectivity index (χ1n) is 11.3. The summed E-state index contributed by atoms with van der Waals surface area (Å²) in [6.07, 6.45) is 8.37. The van der Waals surface area contributed by atoms with Crippen molar-refractivity contribution < 1.29 is 13.6 Å². The summed E-state index contributed by atoms with van der Waals surface area (Å²) in [6, 6.07) is 11.7. The Morgan fingerprint density at radius 3 is 2.50 bits per heavy atom. The molecule has 0 spiro atoms. The fourth-order valence-electron chi connectivity index (χ4n) is 4.58. The molecule has 0 saturated heterocycles. The normalized spacial score (nSPS) is 14.4. The monoisotopic (exact) mass is 497 g/mol. The predicted octanol–water partition coefficient (Wildman–Crippen LogP) is 7.27. The molecule has 34 heavy (non-hydrogen) atoms. The van der Waals surface area contributed by atoms with Gasteiger partial charge in [-0.05, 0) is 42.7 Å². The molecule has 174 valence electrons. The van der Waals surface area contributed by atoms with E-state index in [-0.39, 0.29) is 31.9 Å². The molecule has 8 heteroatoms. The summed E-state index contributed by atoms with van der Waals surface area (Å²) in [6.45, 7) is 0.361. The van der Waals surface area contributed by atoms with Crippen molar-refractivity contribution in [2.24, 2.45) is 0 Å². The van der Waals surface area contributed by atoms with Gasteiger partial charge >= 0.3 is 0 Å². The molecule has 0 unspecified atom stereocenters. The highest BCUT2D eigenvalue weighted by Gasteiger charge is 2.31. The minimum atomic E-state index is -0.628. The van der Waals surface area contributed by atoms with E-state index >= 15 is 0 Å². The molecular weight excluding hydrogens is 476 g/mol. The lowest BCUT2D eigenvalue weighted by atomic mass is 9.93. The van der Waals surface area contributed by atoms with Gasteiger partial charge in [-0.1, -0.05) is 49.1 Å². The zero-order valence-electron chi connectivity index (χ0n) is 18.3. The molecule has 2 aromatic heterocycles. The second-order valence-electron chi connectivity index (χ2n) is 8.48. The van der Waals surface area contributed by atoms with Crippen LogP contribution in [0.2, 0.25) is 5.02 Å². The van der Waals surface area contributed by atoms with Crippen LogP contribution in [-0.2, 0) is 6.54 Å². The van der Waals surface area contributed by atoms with Crippen LogP contribution in [0.1, 0.15) is 47.3 Å². The van der Waals surface area contributed by atoms with Crippen molar-refractivity contribution in [2.75, 3.05) is 0 Å². The molecule has 2 aromatic carbocycles. The van der Waals surface area contributed by atoms with Gasteiger partial charge in [0, 0.05) is 30.5 Å². The van der Waals surface area contributed by atoms with Gasteiger partial charge in [-0.3, -0.25) is 4.79 Å². The fourth-order valence-corrected chi connectivity index (χ4v) is 6.08. The van der Waals surface area contributed by atoms with Gasteiger partial charge < -0.3 is 4.90 Å². The maximum atomic E-state index is 14.4. The summed E-state index contributed by atoms with van der Waals surface area (Å²) in [5, 5.41) is -0.0453. The number of carbonyl (C=O) groups excluding carboxylic acids is 1. The molecule has 1 aliphatic rings. The van der Waals surface area contributed by atoms with E-state index in [4.69, 9.17) is 11.6 Å². The van der Waals surface area contributed by atoms with Gasteiger partial charge in [-0.15, -0.1) is 11.3 Å². The van der Waals surface area contributed by atoms with Gasteiger partial charge in [0.05, 0.1) is 15.1 Å². The van der Waals surface area contributed by atoms with Gasteiger partial charge in [0.25, 0.3) is 5.91 Å². The number of hydrogen-bond donors (Lipinski definition) is 0. The molecule has 4 aromatic rings. The Balaban J connectivity index is 1.52. The van der Waals surface area contributed by atoms with Crippen LogP contribution < -0.4 is 0 Å². The van der Waals surface area contributed by atoms with Crippen LogP contribution in [0, 0.1) is 11.6 Å². The lowest BCUT2D eigenvalue weighted by Gasteiger charge is -2.34. The summed E-state index contributed by atoms with van der Waals surface area (Å²) in [4.78, 5) is 24.4. The summed E-state index contributed by atoms with van der Waals surface area (Å²) < 4.78 is 28.9. The van der Waals surface area contributed by atoms with Gasteiger partial charge in [-0.2, -0.15) is 0 Å². The molecule has 0 N–H and O–H groups in total. The Kier molecular flexibility index (Phi) is 6.57. The number of nitrogens with zero attached hydrogens (tertiary/aromatic N) is 3. The van der Waals surface area contributed by atoms with Gasteiger partial charge in [0.15, 0.2) is 5.82 Å². The summed E-state index contributed by atoms with van der Waals surface area (Å²) in [5.41, 5.74) is 1.79. The molecular formula is C26H22ClF2N3OS. The molecule has 2 heterocycles. The number of aromatic nitrogens is 2. The van der Waals surface area contributed by atoms with Crippen LogP contribution >= 0.6 is 22.9 Å². The van der Waals surface area contributed by atoms with Crippen molar-refractivity contribution in [1.29, 1.82) is 0 Å². The van der Waals surface area contributed by atoms with E-state index in [2.05, 4.69) is 9.97 Å². The summed E-state index contributed by atoms with van der Waals surface area (Å²) >= 11 is 7.38. The van der Waals surface area contributed by atoms with E-state index in [1.807, 2.05) is 29.2 Å². The first-order valence-corrected chi connectivity index (χ1v) is 12.5. The average Bonchev–Trinajstić information content (AvgIpc) is 3.24. The Hall–Kier alpha value is -2.90. The Morgan fingerprint density at radius 1 is 1.03 bits per heavy atom. The van der Waals surface area contributed by atoms with Crippen molar-refractivity contribution in [3.63, 3.8) is 0 Å². The highest BCUT2D eigenvalue weighted by atomic mass is 35.5. The largest absolute Gasteiger partial charge is 0.331 e. The fraction of sp³-hybridized carbons (Fsp3) is 0.269. The molecule has 0 radical (unpaired) electrons. The summed E-state index contributed by atoms with van der Waals surface area (Å²) in [5.74, 6) is -0.893. The van der Waals surface area contributed by atoms with E-state index in [0.29, 0.717) is 12.4 Å². The van der Waals surface area contributed by atoms with Crippen molar-refractivity contribution in [3.05, 3.63) is 82.0 Å². The number of hydrogen-bond acceptors (Lipinski definition) is 4. The van der Waals surface area contributed by atoms with Crippen LogP contribution in [0.5, 0.6) is 0 Å². The van der Waals surface area contributed by atoms with Crippen LogP contribution in [0.4, 0.5) is 8.78 Å². The van der Waals surface area contributed by atoms with E-state index < -0.39 is 11.6 Å². The average molecular weight is 498 g/mol. The lowest BCUT2D eigenvalue weighted by Crippen LogP contribution is -2.40. The molecule has 0 aliphatic heterocycles. The maximum absolute atomic E-state index is 14.4. The zero-order chi connectivity index (χ0) is 23.7. The SMILES string of the molecule is O=C(c1sc2c(F)ccc(F)c2c1Cl)N(Cc1cccc(-c2ncccn2)c1)C1CCCCC1. The number of fused-ring (bicyclic) bond motifs is 1. The van der Waals surface area contributed by atoms with Gasteiger partial charge in [-0.25, -0.2) is 18.7 Å². The Morgan fingerprint density at radius 2 is 1.76 bits per heavy atom. The van der Waals surface area contributed by atoms with Crippen LogP contribution in [0.3, 0.4) is 0 Å². The second-order valence-corrected chi connectivity index (χ2v) is 9.87. The van der Waals surface area contributed by atoms with E-state index in [0.717, 1.165) is 66.7 Å². The van der Waals surface area contributed by atoms with Crippen molar-refractivity contribution in [2.45, 2.75) is 44.7 Å². The molecule has 1 saturated carbocycles. The van der Waals surface area contributed by atoms with Gasteiger partial charge in [0.1, 0.15) is 16.5 Å². The lowest BCUT2D eigenvalue weighted by molar-refractivity contribution is 0.0619. The smallest absolute Gasteiger partial charge is 0.266 e. The number of amides is 1. The highest BCUT2D eigenvalue weighted by molar-refractivity contribution is 7.21. The first kappa shape index (κ1) is 22.9. The van der Waals surface area contributed by atoms with E-state index in [9.17, 15) is 13.6 Å². The Bertz CT molecular complexity index is 1340. The van der Waals surface area contributed by atoms with Gasteiger partial charge in [0.2, 0.25) is 0 Å². The third-order valence-electron chi connectivity index (χ3n) is 6.26. The molecule has 0 atom stereocenters. The first-order chi connectivity index (χ1) is 16.5. The molecule has 1 fully saturated rings. The van der Waals surface area contributed by atoms with Crippen LogP contribution in [0.15, 0.2) is 54.9 Å². The molecule has 4 nitrogen and oxygen atoms in total. The molecule has 1 aliphatic carbocycles. The minimum Gasteiger partial charge on any atom is -0.331 e. The third kappa shape index (κ3) is 4.42. The Labute approximate surface area is 205 Å². The number of carbonyl (C=O) groups is 1. The van der Waals surface area contributed by atoms with Crippen LogP contribution in [-0.4, -0.2) is 26.8 Å². The highest BCUT2D eigenvalue weighted by Crippen LogP contribution is 2.40. The number of thiophene rings is 1. The standard InChI is InChI=1S/C26H22ClF2N3OS/c27-22-21-19(28)10-11-20(29)23(21)34-24(22)26(33)32(18-8-2-1-3-9-18)15-16-6-4-7-17(14-16)25-30-12-5-13-31-25/h4-7,10-14,18H,1-3,8-9,15H2. The second kappa shape index (κ2) is 9.76. The van der Waals surface area contributed by atoms with E-state index in [1.165, 1.54) is 0 Å². The molecule has 1 amide bonds. The number of halogens is 3. The maximum Gasteiger partial charge on any atom is 0.266 e. The summed E-state index contributed by atoms with van der Waals surface area (Å²) in [7, 11) is 0.